The number of alkyl halides is 9. The highest BCUT2D eigenvalue weighted by Gasteiger charge is 2.83. The van der Waals surface area contributed by atoms with Crippen LogP contribution in [0.4, 0.5) is 44.3 Å². The third-order valence-corrected chi connectivity index (χ3v) is 3.83. The van der Waals surface area contributed by atoms with E-state index in [-0.39, 0.29) is 13.0 Å². The molecule has 1 fully saturated rings. The number of hydrogen-bond donors (Lipinski definition) is 1. The first-order chi connectivity index (χ1) is 11.8. The fraction of sp³-hybridized carbons (Fsp3) is 0.929. The topological polar surface area (TPSA) is 49.8 Å². The first-order valence-electron chi connectivity index (χ1n) is 7.65. The molecular weight excluding hydrogens is 401 g/mol. The summed E-state index contributed by atoms with van der Waals surface area (Å²) in [6.45, 7) is 3.82. The van der Waals surface area contributed by atoms with Gasteiger partial charge in [0.2, 0.25) is 0 Å². The zero-order valence-corrected chi connectivity index (χ0v) is 14.4. The number of halogens is 9. The zero-order chi connectivity index (χ0) is 21.6. The number of amides is 1. The van der Waals surface area contributed by atoms with Gasteiger partial charge in [0.15, 0.2) is 0 Å². The first-order valence-corrected chi connectivity index (χ1v) is 7.65. The van der Waals surface area contributed by atoms with Crippen LogP contribution < -0.4 is 0 Å². The average molecular weight is 419 g/mol. The molecule has 0 spiro atoms. The molecule has 1 aliphatic rings. The smallest absolute Gasteiger partial charge is 0.444 e. The van der Waals surface area contributed by atoms with Crippen molar-refractivity contribution >= 4 is 6.09 Å². The number of carbonyl (C=O) groups excluding carboxylic acids is 1. The molecule has 1 N–H and O–H groups in total. The number of ether oxygens (including phenoxy) is 1. The predicted octanol–water partition coefficient (Wildman–Crippen LogP) is 4.22. The van der Waals surface area contributed by atoms with E-state index in [2.05, 4.69) is 0 Å². The summed E-state index contributed by atoms with van der Waals surface area (Å²) in [4.78, 5) is 12.3. The van der Waals surface area contributed by atoms with Crippen molar-refractivity contribution in [2.24, 2.45) is 0 Å². The highest BCUT2D eigenvalue weighted by atomic mass is 19.4. The molecule has 0 bridgehead atoms. The minimum Gasteiger partial charge on any atom is -0.444 e. The SMILES string of the molecule is CC(C)(C)OC(=O)N1CCC[C@H]1[C@H](O)C(F)(F)C(F)(F)C(F)(F)C(F)(F)F. The van der Waals surface area contributed by atoms with Crippen LogP contribution in [0.25, 0.3) is 0 Å². The number of aliphatic hydroxyl groups is 1. The van der Waals surface area contributed by atoms with Gasteiger partial charge in [0.1, 0.15) is 11.7 Å². The first kappa shape index (κ1) is 23.6. The van der Waals surface area contributed by atoms with Gasteiger partial charge < -0.3 is 14.7 Å². The number of aliphatic hydroxyl groups excluding tert-OH is 1. The molecule has 1 amide bonds. The van der Waals surface area contributed by atoms with Crippen molar-refractivity contribution < 1.29 is 54.2 Å². The van der Waals surface area contributed by atoms with Crippen LogP contribution >= 0.6 is 0 Å². The second-order valence-corrected chi connectivity index (χ2v) is 7.10. The maximum Gasteiger partial charge on any atom is 0.460 e. The van der Waals surface area contributed by atoms with Crippen molar-refractivity contribution in [3.05, 3.63) is 0 Å². The lowest BCUT2D eigenvalue weighted by Gasteiger charge is -2.39. The largest absolute Gasteiger partial charge is 0.460 e. The maximum atomic E-state index is 13.9. The minimum absolute atomic E-state index is 0.0850. The van der Waals surface area contributed by atoms with E-state index in [0.717, 1.165) is 0 Å². The number of hydrogen-bond acceptors (Lipinski definition) is 3. The highest BCUT2D eigenvalue weighted by molar-refractivity contribution is 5.69. The summed E-state index contributed by atoms with van der Waals surface area (Å²) >= 11 is 0. The Morgan fingerprint density at radius 1 is 1.00 bits per heavy atom. The fourth-order valence-corrected chi connectivity index (χ4v) is 2.48. The van der Waals surface area contributed by atoms with E-state index in [1.54, 1.807) is 0 Å². The quantitative estimate of drug-likeness (QED) is 0.695. The normalized spacial score (nSPS) is 21.4. The summed E-state index contributed by atoms with van der Waals surface area (Å²) < 4.78 is 122. The van der Waals surface area contributed by atoms with E-state index in [4.69, 9.17) is 4.74 Å². The summed E-state index contributed by atoms with van der Waals surface area (Å²) in [5.74, 6) is -20.3. The minimum atomic E-state index is -7.11. The Hall–Kier alpha value is -1.40. The van der Waals surface area contributed by atoms with Crippen molar-refractivity contribution in [2.45, 2.75) is 75.3 Å². The average Bonchev–Trinajstić information content (AvgIpc) is 2.92. The Balaban J connectivity index is 3.17. The summed E-state index contributed by atoms with van der Waals surface area (Å²) in [6.07, 6.45) is -12.6. The molecule has 1 rings (SSSR count). The predicted molar refractivity (Wildman–Crippen MR) is 72.9 cm³/mol. The van der Waals surface area contributed by atoms with E-state index in [1.807, 2.05) is 0 Å². The van der Waals surface area contributed by atoms with Gasteiger partial charge in [0.25, 0.3) is 0 Å². The van der Waals surface area contributed by atoms with Crippen LogP contribution in [0.3, 0.4) is 0 Å². The summed E-state index contributed by atoms with van der Waals surface area (Å²) in [5, 5.41) is 9.58. The second-order valence-electron chi connectivity index (χ2n) is 7.10. The molecule has 0 aromatic rings. The van der Waals surface area contributed by atoms with Crippen LogP contribution in [0, 0.1) is 0 Å². The molecule has 0 aromatic carbocycles. The van der Waals surface area contributed by atoms with Crippen molar-refractivity contribution in [1.82, 2.24) is 4.90 Å². The van der Waals surface area contributed by atoms with Crippen molar-refractivity contribution in [3.8, 4) is 0 Å². The van der Waals surface area contributed by atoms with E-state index >= 15 is 0 Å². The van der Waals surface area contributed by atoms with Crippen LogP contribution in [-0.4, -0.2) is 64.3 Å². The number of likely N-dealkylation sites (tertiary alicyclic amines) is 1. The molecule has 4 nitrogen and oxygen atoms in total. The van der Waals surface area contributed by atoms with Crippen LogP contribution in [0.1, 0.15) is 33.6 Å². The van der Waals surface area contributed by atoms with Crippen molar-refractivity contribution in [3.63, 3.8) is 0 Å². The molecular formula is C14H18F9NO3. The van der Waals surface area contributed by atoms with Crippen molar-refractivity contribution in [2.75, 3.05) is 6.54 Å². The molecule has 160 valence electrons. The van der Waals surface area contributed by atoms with Gasteiger partial charge in [-0.2, -0.15) is 39.5 Å². The summed E-state index contributed by atoms with van der Waals surface area (Å²) in [6, 6.07) is -2.13. The van der Waals surface area contributed by atoms with Gasteiger partial charge in [-0.25, -0.2) is 4.79 Å². The fourth-order valence-electron chi connectivity index (χ4n) is 2.48. The molecule has 0 aromatic heterocycles. The van der Waals surface area contributed by atoms with Gasteiger partial charge in [0.05, 0.1) is 6.04 Å². The Labute approximate surface area is 148 Å². The molecule has 0 unspecified atom stereocenters. The van der Waals surface area contributed by atoms with Crippen LogP contribution in [0.5, 0.6) is 0 Å². The van der Waals surface area contributed by atoms with Crippen molar-refractivity contribution in [1.29, 1.82) is 0 Å². The maximum absolute atomic E-state index is 13.9. The zero-order valence-electron chi connectivity index (χ0n) is 14.4. The lowest BCUT2D eigenvalue weighted by Crippen LogP contribution is -2.67. The summed E-state index contributed by atoms with van der Waals surface area (Å²) in [7, 11) is 0. The van der Waals surface area contributed by atoms with E-state index < -0.39 is 54.2 Å². The Kier molecular flexibility index (Phi) is 6.03. The van der Waals surface area contributed by atoms with Gasteiger partial charge in [-0.15, -0.1) is 0 Å². The van der Waals surface area contributed by atoms with Gasteiger partial charge >= 0.3 is 30.0 Å². The molecule has 27 heavy (non-hydrogen) atoms. The van der Waals surface area contributed by atoms with Gasteiger partial charge in [-0.05, 0) is 33.6 Å². The monoisotopic (exact) mass is 419 g/mol. The van der Waals surface area contributed by atoms with Gasteiger partial charge in [0, 0.05) is 6.54 Å². The second kappa shape index (κ2) is 6.89. The lowest BCUT2D eigenvalue weighted by atomic mass is 9.93. The molecule has 1 aliphatic heterocycles. The Morgan fingerprint density at radius 3 is 1.89 bits per heavy atom. The Morgan fingerprint density at radius 2 is 1.48 bits per heavy atom. The van der Waals surface area contributed by atoms with Gasteiger partial charge in [-0.1, -0.05) is 0 Å². The number of carbonyl (C=O) groups is 1. The molecule has 1 heterocycles. The molecule has 0 radical (unpaired) electrons. The lowest BCUT2D eigenvalue weighted by molar-refractivity contribution is -0.407. The molecule has 1 saturated heterocycles. The van der Waals surface area contributed by atoms with E-state index in [9.17, 15) is 49.4 Å². The van der Waals surface area contributed by atoms with Crippen LogP contribution in [-0.2, 0) is 4.74 Å². The van der Waals surface area contributed by atoms with E-state index in [0.29, 0.717) is 4.90 Å². The van der Waals surface area contributed by atoms with Crippen LogP contribution in [0.15, 0.2) is 0 Å². The third-order valence-electron chi connectivity index (χ3n) is 3.83. The third kappa shape index (κ3) is 4.21. The number of rotatable bonds is 4. The van der Waals surface area contributed by atoms with Crippen LogP contribution in [0.2, 0.25) is 0 Å². The standard InChI is InChI=1S/C14H18F9NO3/c1-10(2,3)27-9(26)24-6-4-5-7(24)8(25)11(15,16)12(17,18)13(19,20)14(21,22)23/h7-8,25H,4-6H2,1-3H3/t7-,8-/m0/s1. The van der Waals surface area contributed by atoms with E-state index in [1.165, 1.54) is 20.8 Å². The Bertz CT molecular complexity index is 557. The highest BCUT2D eigenvalue weighted by Crippen LogP contribution is 2.54. The number of nitrogens with zero attached hydrogens (tertiary/aromatic N) is 1. The molecule has 0 aliphatic carbocycles. The van der Waals surface area contributed by atoms with Gasteiger partial charge in [-0.3, -0.25) is 0 Å². The molecule has 2 atom stereocenters. The molecule has 13 heteroatoms. The molecule has 0 saturated carbocycles. The summed E-state index contributed by atoms with van der Waals surface area (Å²) in [5.41, 5.74) is -1.13.